The Balaban J connectivity index is 1.19. The third kappa shape index (κ3) is 4.82. The minimum atomic E-state index is -3.89. The summed E-state index contributed by atoms with van der Waals surface area (Å²) in [7, 11) is -3.89. The number of hydrogen-bond donors (Lipinski definition) is 2. The maximum absolute atomic E-state index is 12.8. The fourth-order valence-corrected chi connectivity index (χ4v) is 4.78. The number of anilines is 1. The van der Waals surface area contributed by atoms with Crippen molar-refractivity contribution in [3.8, 4) is 0 Å². The highest BCUT2D eigenvalue weighted by Crippen LogP contribution is 2.20. The van der Waals surface area contributed by atoms with Crippen molar-refractivity contribution in [1.29, 1.82) is 0 Å². The van der Waals surface area contributed by atoms with E-state index in [0.29, 0.717) is 35.6 Å². The van der Waals surface area contributed by atoms with E-state index in [1.54, 1.807) is 59.6 Å². The third-order valence-electron chi connectivity index (χ3n) is 5.63. The number of carbonyl (C=O) groups excluding carboxylic acids is 2. The van der Waals surface area contributed by atoms with Crippen LogP contribution < -0.4 is 10.0 Å². The van der Waals surface area contributed by atoms with Crippen LogP contribution in [-0.2, 0) is 10.0 Å². The second-order valence-electron chi connectivity index (χ2n) is 8.12. The van der Waals surface area contributed by atoms with Crippen LogP contribution in [0.25, 0.3) is 10.9 Å². The number of amides is 2. The Morgan fingerprint density at radius 1 is 0.886 bits per heavy atom. The summed E-state index contributed by atoms with van der Waals surface area (Å²) in [5.41, 5.74) is 1.65. The molecule has 1 aliphatic rings. The van der Waals surface area contributed by atoms with Gasteiger partial charge in [-0.05, 0) is 54.6 Å². The van der Waals surface area contributed by atoms with Crippen LogP contribution in [0.4, 0.5) is 5.69 Å². The molecule has 2 aromatic heterocycles. The summed E-state index contributed by atoms with van der Waals surface area (Å²) in [6.45, 7) is 0.777. The lowest BCUT2D eigenvalue weighted by Gasteiger charge is -2.39. The van der Waals surface area contributed by atoms with E-state index in [1.165, 1.54) is 18.2 Å². The van der Waals surface area contributed by atoms with Gasteiger partial charge >= 0.3 is 0 Å². The number of sulfonamides is 1. The van der Waals surface area contributed by atoms with E-state index in [-0.39, 0.29) is 22.9 Å². The first-order valence-corrected chi connectivity index (χ1v) is 12.4. The van der Waals surface area contributed by atoms with Crippen molar-refractivity contribution < 1.29 is 18.0 Å². The van der Waals surface area contributed by atoms with Crippen LogP contribution in [0.5, 0.6) is 0 Å². The molecule has 2 aromatic carbocycles. The summed E-state index contributed by atoms with van der Waals surface area (Å²) in [5.74, 6) is -0.473. The number of pyridine rings is 2. The Kier molecular flexibility index (Phi) is 5.87. The number of fused-ring (bicyclic) bond motifs is 1. The molecule has 0 radical (unpaired) electrons. The maximum atomic E-state index is 12.8. The molecule has 1 aliphatic heterocycles. The predicted molar refractivity (Wildman–Crippen MR) is 130 cm³/mol. The Bertz CT molecular complexity index is 1500. The average molecular weight is 488 g/mol. The topological polar surface area (TPSA) is 121 Å². The molecule has 176 valence electrons. The number of nitrogens with zero attached hydrogens (tertiary/aromatic N) is 3. The van der Waals surface area contributed by atoms with Gasteiger partial charge in [-0.25, -0.2) is 4.98 Å². The molecular weight excluding hydrogens is 466 g/mol. The number of carbonyl (C=O) groups is 2. The van der Waals surface area contributed by atoms with Crippen LogP contribution >= 0.6 is 0 Å². The lowest BCUT2D eigenvalue weighted by Crippen LogP contribution is -2.61. The molecule has 9 nitrogen and oxygen atoms in total. The van der Waals surface area contributed by atoms with E-state index in [0.717, 1.165) is 5.39 Å². The molecule has 0 unspecified atom stereocenters. The van der Waals surface area contributed by atoms with Crippen molar-refractivity contribution in [2.24, 2.45) is 0 Å². The molecule has 4 aromatic rings. The molecule has 0 spiro atoms. The Morgan fingerprint density at radius 2 is 1.63 bits per heavy atom. The Morgan fingerprint density at radius 3 is 2.37 bits per heavy atom. The number of nitrogens with one attached hydrogen (secondary N) is 2. The highest BCUT2D eigenvalue weighted by atomic mass is 32.2. The van der Waals surface area contributed by atoms with Crippen LogP contribution in [0.15, 0.2) is 90.1 Å². The predicted octanol–water partition coefficient (Wildman–Crippen LogP) is 2.69. The van der Waals surface area contributed by atoms with Gasteiger partial charge < -0.3 is 10.2 Å². The number of benzene rings is 2. The van der Waals surface area contributed by atoms with Gasteiger partial charge in [0.05, 0.1) is 11.6 Å². The molecule has 35 heavy (non-hydrogen) atoms. The largest absolute Gasteiger partial charge is 0.344 e. The zero-order valence-electron chi connectivity index (χ0n) is 18.5. The summed E-state index contributed by atoms with van der Waals surface area (Å²) in [4.78, 5) is 34.8. The smallest absolute Gasteiger partial charge is 0.279 e. The minimum absolute atomic E-state index is 0.0873. The van der Waals surface area contributed by atoms with Gasteiger partial charge in [0, 0.05) is 35.9 Å². The van der Waals surface area contributed by atoms with E-state index in [4.69, 9.17) is 0 Å². The summed E-state index contributed by atoms with van der Waals surface area (Å²) < 4.78 is 28.0. The molecule has 0 aliphatic carbocycles. The standard InChI is InChI=1S/C25H21N5O4S/c31-24(22-7-3-4-14-26-22)27-20-15-30(16-20)25(32)18-8-11-19(12-9-18)29-35(33,34)23-13-10-17-5-1-2-6-21(17)28-23/h1-14,20,29H,15-16H2,(H,27,31). The first-order chi connectivity index (χ1) is 16.9. The molecule has 1 fully saturated rings. The van der Waals surface area contributed by atoms with Crippen molar-refractivity contribution in [3.63, 3.8) is 0 Å². The SMILES string of the molecule is O=C(NC1CN(C(=O)c2ccc(NS(=O)(=O)c3ccc4ccccc4n3)cc2)C1)c1ccccn1. The summed E-state index contributed by atoms with van der Waals surface area (Å²) in [5, 5.41) is 3.61. The minimum Gasteiger partial charge on any atom is -0.344 e. The highest BCUT2D eigenvalue weighted by Gasteiger charge is 2.32. The van der Waals surface area contributed by atoms with Crippen molar-refractivity contribution in [1.82, 2.24) is 20.2 Å². The number of aromatic nitrogens is 2. The quantitative estimate of drug-likeness (QED) is 0.431. The van der Waals surface area contributed by atoms with Gasteiger partial charge in [0.25, 0.3) is 21.8 Å². The van der Waals surface area contributed by atoms with E-state index >= 15 is 0 Å². The molecule has 0 saturated carbocycles. The van der Waals surface area contributed by atoms with Gasteiger partial charge in [-0.3, -0.25) is 19.3 Å². The zero-order valence-corrected chi connectivity index (χ0v) is 19.3. The molecule has 0 atom stereocenters. The number of likely N-dealkylation sites (tertiary alicyclic amines) is 1. The van der Waals surface area contributed by atoms with E-state index in [1.807, 2.05) is 12.1 Å². The molecule has 10 heteroatoms. The number of para-hydroxylation sites is 1. The van der Waals surface area contributed by atoms with Gasteiger partial charge in [0.1, 0.15) is 5.69 Å². The number of rotatable bonds is 6. The second kappa shape index (κ2) is 9.15. The second-order valence-corrected chi connectivity index (χ2v) is 9.75. The van der Waals surface area contributed by atoms with Crippen molar-refractivity contribution in [2.75, 3.05) is 17.8 Å². The molecule has 2 N–H and O–H groups in total. The molecular formula is C25H21N5O4S. The van der Waals surface area contributed by atoms with Crippen molar-refractivity contribution in [2.45, 2.75) is 11.1 Å². The van der Waals surface area contributed by atoms with Crippen molar-refractivity contribution >= 4 is 38.4 Å². The zero-order chi connectivity index (χ0) is 24.4. The molecule has 1 saturated heterocycles. The van der Waals surface area contributed by atoms with Crippen molar-refractivity contribution in [3.05, 3.63) is 96.3 Å². The first-order valence-electron chi connectivity index (χ1n) is 10.9. The van der Waals surface area contributed by atoms with E-state index in [2.05, 4.69) is 20.0 Å². The molecule has 2 amide bonds. The van der Waals surface area contributed by atoms with E-state index in [9.17, 15) is 18.0 Å². The monoisotopic (exact) mass is 487 g/mol. The van der Waals surface area contributed by atoms with Gasteiger partial charge in [-0.15, -0.1) is 0 Å². The van der Waals surface area contributed by atoms with Gasteiger partial charge in [-0.2, -0.15) is 8.42 Å². The maximum Gasteiger partial charge on any atom is 0.279 e. The Hall–Kier alpha value is -4.31. The van der Waals surface area contributed by atoms with E-state index < -0.39 is 10.0 Å². The summed E-state index contributed by atoms with van der Waals surface area (Å²) in [6, 6.07) is 21.6. The first kappa shape index (κ1) is 22.5. The lowest BCUT2D eigenvalue weighted by atomic mass is 10.1. The normalized spacial score (nSPS) is 13.8. The fourth-order valence-electron chi connectivity index (χ4n) is 3.76. The van der Waals surface area contributed by atoms with Crippen LogP contribution in [0.3, 0.4) is 0 Å². The average Bonchev–Trinajstić information content (AvgIpc) is 2.86. The lowest BCUT2D eigenvalue weighted by molar-refractivity contribution is 0.0542. The van der Waals surface area contributed by atoms with Gasteiger partial charge in [-0.1, -0.05) is 24.3 Å². The highest BCUT2D eigenvalue weighted by molar-refractivity contribution is 7.92. The number of hydrogen-bond acceptors (Lipinski definition) is 6. The summed E-state index contributed by atoms with van der Waals surface area (Å²) >= 11 is 0. The third-order valence-corrected chi connectivity index (χ3v) is 6.92. The molecule has 5 rings (SSSR count). The van der Waals surface area contributed by atoms with Gasteiger partial charge in [0.15, 0.2) is 5.03 Å². The van der Waals surface area contributed by atoms with Crippen LogP contribution in [-0.4, -0.2) is 54.2 Å². The molecule has 0 bridgehead atoms. The summed E-state index contributed by atoms with van der Waals surface area (Å²) in [6.07, 6.45) is 1.55. The van der Waals surface area contributed by atoms with Crippen LogP contribution in [0, 0.1) is 0 Å². The Labute approximate surface area is 201 Å². The van der Waals surface area contributed by atoms with Gasteiger partial charge in [0.2, 0.25) is 0 Å². The van der Waals surface area contributed by atoms with Crippen LogP contribution in [0.2, 0.25) is 0 Å². The molecule has 3 heterocycles. The van der Waals surface area contributed by atoms with Crippen LogP contribution in [0.1, 0.15) is 20.8 Å². The fraction of sp³-hybridized carbons (Fsp3) is 0.120.